The Morgan fingerprint density at radius 3 is 2.79 bits per heavy atom. The molecule has 0 N–H and O–H groups in total. The number of hydrogen-bond donors (Lipinski definition) is 0. The van der Waals surface area contributed by atoms with Gasteiger partial charge in [0.05, 0.1) is 6.61 Å². The van der Waals surface area contributed by atoms with Crippen LogP contribution in [0.5, 0.6) is 0 Å². The number of ketones is 1. The summed E-state index contributed by atoms with van der Waals surface area (Å²) in [4.78, 5) is 27.0. The Balaban J connectivity index is 2.71. The van der Waals surface area contributed by atoms with Gasteiger partial charge in [-0.2, -0.15) is 5.06 Å². The van der Waals surface area contributed by atoms with E-state index in [2.05, 4.69) is 13.8 Å². The first-order chi connectivity index (χ1) is 6.50. The second-order valence-electron chi connectivity index (χ2n) is 4.40. The summed E-state index contributed by atoms with van der Waals surface area (Å²) in [6.45, 7) is 7.23. The van der Waals surface area contributed by atoms with Crippen LogP contribution in [0.4, 0.5) is 0 Å². The number of hydroxylamine groups is 2. The Bertz CT molecular complexity index is 238. The number of Topliss-reactive ketones (excluding diaryl/α,β-unsaturated/α-hetero) is 1. The normalized spacial score (nSPS) is 26.4. The molecule has 0 amide bonds. The van der Waals surface area contributed by atoms with Crippen molar-refractivity contribution in [1.82, 2.24) is 5.06 Å². The highest BCUT2D eigenvalue weighted by Gasteiger charge is 2.41. The minimum absolute atomic E-state index is 0.0402. The van der Waals surface area contributed by atoms with Crippen molar-refractivity contribution in [3.8, 4) is 0 Å². The number of carbonyl (C=O) groups excluding carboxylic acids is 2. The molecule has 1 aliphatic rings. The topological polar surface area (TPSA) is 46.6 Å². The van der Waals surface area contributed by atoms with E-state index in [9.17, 15) is 9.59 Å². The number of carbonyl (C=O) groups is 2. The molecule has 1 atom stereocenters. The molecule has 1 rings (SSSR count). The van der Waals surface area contributed by atoms with Gasteiger partial charge in [-0.05, 0) is 18.8 Å². The summed E-state index contributed by atoms with van der Waals surface area (Å²) in [6, 6.07) is -0.387. The molecule has 1 unspecified atom stereocenters. The van der Waals surface area contributed by atoms with Gasteiger partial charge in [0, 0.05) is 6.54 Å². The fourth-order valence-corrected chi connectivity index (χ4v) is 1.84. The van der Waals surface area contributed by atoms with Crippen molar-refractivity contribution in [2.24, 2.45) is 5.41 Å². The maximum absolute atomic E-state index is 11.3. The van der Waals surface area contributed by atoms with Gasteiger partial charge in [-0.15, -0.1) is 0 Å². The predicted octanol–water partition coefficient (Wildman–Crippen LogP) is 0.806. The average molecular weight is 199 g/mol. The molecule has 1 saturated heterocycles. The van der Waals surface area contributed by atoms with E-state index >= 15 is 0 Å². The van der Waals surface area contributed by atoms with Crippen molar-refractivity contribution in [2.75, 3.05) is 13.2 Å². The molecule has 4 heteroatoms. The van der Waals surface area contributed by atoms with Gasteiger partial charge in [-0.25, -0.2) is 0 Å². The first-order valence-corrected chi connectivity index (χ1v) is 4.89. The zero-order chi connectivity index (χ0) is 10.8. The lowest BCUT2D eigenvalue weighted by atomic mass is 9.90. The van der Waals surface area contributed by atoms with Crippen molar-refractivity contribution >= 4 is 12.1 Å². The fraction of sp³-hybridized carbons (Fsp3) is 0.800. The zero-order valence-electron chi connectivity index (χ0n) is 8.95. The number of hydrogen-bond acceptors (Lipinski definition) is 4. The third-order valence-electron chi connectivity index (χ3n) is 2.42. The van der Waals surface area contributed by atoms with Gasteiger partial charge < -0.3 is 0 Å². The Morgan fingerprint density at radius 1 is 1.64 bits per heavy atom. The summed E-state index contributed by atoms with van der Waals surface area (Å²) in [5.41, 5.74) is 0.0402. The van der Waals surface area contributed by atoms with Crippen LogP contribution in [0.25, 0.3) is 0 Å². The van der Waals surface area contributed by atoms with Crippen LogP contribution in [-0.4, -0.2) is 36.3 Å². The second-order valence-corrected chi connectivity index (χ2v) is 4.40. The van der Waals surface area contributed by atoms with E-state index in [4.69, 9.17) is 4.84 Å². The highest BCUT2D eigenvalue weighted by Crippen LogP contribution is 2.34. The molecule has 80 valence electrons. The van der Waals surface area contributed by atoms with Crippen LogP contribution in [-0.2, 0) is 14.4 Å². The molecule has 4 nitrogen and oxygen atoms in total. The van der Waals surface area contributed by atoms with E-state index in [1.807, 2.05) is 6.92 Å². The Morgan fingerprint density at radius 2 is 2.29 bits per heavy atom. The van der Waals surface area contributed by atoms with Crippen molar-refractivity contribution in [3.05, 3.63) is 0 Å². The van der Waals surface area contributed by atoms with Crippen molar-refractivity contribution in [3.63, 3.8) is 0 Å². The van der Waals surface area contributed by atoms with E-state index in [0.29, 0.717) is 25.9 Å². The standard InChI is InChI=1S/C10H17NO3/c1-4-14-11-7-10(2,3)5-8(11)9(13)6-12/h6,8H,4-5,7H2,1-3H3. The van der Waals surface area contributed by atoms with Gasteiger partial charge >= 0.3 is 0 Å². The Hall–Kier alpha value is -0.740. The summed E-state index contributed by atoms with van der Waals surface area (Å²) in [7, 11) is 0. The van der Waals surface area contributed by atoms with E-state index in [1.54, 1.807) is 5.06 Å². The maximum atomic E-state index is 11.3. The molecule has 0 bridgehead atoms. The lowest BCUT2D eigenvalue weighted by Gasteiger charge is -2.20. The van der Waals surface area contributed by atoms with Gasteiger partial charge in [0.25, 0.3) is 0 Å². The minimum Gasteiger partial charge on any atom is -0.299 e. The summed E-state index contributed by atoms with van der Waals surface area (Å²) >= 11 is 0. The van der Waals surface area contributed by atoms with Crippen LogP contribution in [0, 0.1) is 5.41 Å². The van der Waals surface area contributed by atoms with Gasteiger partial charge in [0.2, 0.25) is 5.78 Å². The molecule has 1 aliphatic heterocycles. The predicted molar refractivity (Wildman–Crippen MR) is 51.6 cm³/mol. The summed E-state index contributed by atoms with van der Waals surface area (Å²) < 4.78 is 0. The molecule has 0 aromatic heterocycles. The quantitative estimate of drug-likeness (QED) is 0.496. The highest BCUT2D eigenvalue weighted by molar-refractivity contribution is 6.27. The lowest BCUT2D eigenvalue weighted by molar-refractivity contribution is -0.174. The molecule has 0 saturated carbocycles. The molecule has 1 fully saturated rings. The smallest absolute Gasteiger partial charge is 0.214 e. The summed E-state index contributed by atoms with van der Waals surface area (Å²) in [6.07, 6.45) is 1.07. The van der Waals surface area contributed by atoms with Gasteiger partial charge in [0.1, 0.15) is 6.04 Å². The van der Waals surface area contributed by atoms with Crippen LogP contribution in [0.3, 0.4) is 0 Å². The van der Waals surface area contributed by atoms with Crippen molar-refractivity contribution in [2.45, 2.75) is 33.2 Å². The second kappa shape index (κ2) is 4.19. The zero-order valence-corrected chi connectivity index (χ0v) is 8.95. The summed E-state index contributed by atoms with van der Waals surface area (Å²) in [5, 5.41) is 1.64. The molecular weight excluding hydrogens is 182 g/mol. The number of rotatable bonds is 4. The number of aldehydes is 1. The maximum Gasteiger partial charge on any atom is 0.214 e. The highest BCUT2D eigenvalue weighted by atomic mass is 16.7. The first kappa shape index (κ1) is 11.3. The van der Waals surface area contributed by atoms with Crippen LogP contribution in [0.15, 0.2) is 0 Å². The largest absolute Gasteiger partial charge is 0.299 e. The average Bonchev–Trinajstić information content (AvgIpc) is 2.41. The van der Waals surface area contributed by atoms with Crippen LogP contribution < -0.4 is 0 Å². The fourth-order valence-electron chi connectivity index (χ4n) is 1.84. The molecule has 0 aromatic rings. The van der Waals surface area contributed by atoms with E-state index < -0.39 is 0 Å². The first-order valence-electron chi connectivity index (χ1n) is 4.89. The monoisotopic (exact) mass is 199 g/mol. The van der Waals surface area contributed by atoms with Gasteiger partial charge in [0.15, 0.2) is 6.29 Å². The van der Waals surface area contributed by atoms with E-state index in [1.165, 1.54) is 0 Å². The van der Waals surface area contributed by atoms with Crippen molar-refractivity contribution < 1.29 is 14.4 Å². The third kappa shape index (κ3) is 2.39. The molecule has 0 radical (unpaired) electrons. The molecule has 0 aliphatic carbocycles. The molecule has 0 spiro atoms. The third-order valence-corrected chi connectivity index (χ3v) is 2.42. The van der Waals surface area contributed by atoms with Gasteiger partial charge in [-0.3, -0.25) is 14.4 Å². The Kier molecular flexibility index (Phi) is 3.39. The van der Waals surface area contributed by atoms with Crippen LogP contribution in [0.2, 0.25) is 0 Å². The van der Waals surface area contributed by atoms with E-state index in [0.717, 1.165) is 0 Å². The van der Waals surface area contributed by atoms with Crippen molar-refractivity contribution in [1.29, 1.82) is 0 Å². The van der Waals surface area contributed by atoms with Gasteiger partial charge in [-0.1, -0.05) is 13.8 Å². The Labute approximate surface area is 84.2 Å². The summed E-state index contributed by atoms with van der Waals surface area (Å²) in [5.74, 6) is -0.385. The number of nitrogens with zero attached hydrogens (tertiary/aromatic N) is 1. The van der Waals surface area contributed by atoms with E-state index in [-0.39, 0.29) is 17.2 Å². The molecule has 1 heterocycles. The lowest BCUT2D eigenvalue weighted by Crippen LogP contribution is -2.36. The molecular formula is C10H17NO3. The molecule has 14 heavy (non-hydrogen) atoms. The van der Waals surface area contributed by atoms with Crippen LogP contribution in [0.1, 0.15) is 27.2 Å². The SMILES string of the molecule is CCON1CC(C)(C)CC1C(=O)C=O. The minimum atomic E-state index is -0.387. The molecule has 0 aromatic carbocycles. The van der Waals surface area contributed by atoms with Crippen LogP contribution >= 0.6 is 0 Å².